The number of fused-ring (bicyclic) bond motifs is 2. The maximum atomic E-state index is 12.6. The van der Waals surface area contributed by atoms with E-state index in [1.165, 1.54) is 16.0 Å². The molecule has 6 heteroatoms. The number of benzene rings is 1. The molecule has 2 aromatic rings. The Balaban J connectivity index is 1.44. The Hall–Kier alpha value is -1.82. The van der Waals surface area contributed by atoms with Gasteiger partial charge in [0.25, 0.3) is 0 Å². The maximum absolute atomic E-state index is 12.6. The molecular weight excluding hydrogens is 308 g/mol. The Labute approximate surface area is 139 Å². The summed E-state index contributed by atoms with van der Waals surface area (Å²) in [4.78, 5) is 13.9. The van der Waals surface area contributed by atoms with E-state index < -0.39 is 0 Å². The number of aryl methyl sites for hydroxylation is 2. The van der Waals surface area contributed by atoms with Crippen LogP contribution >= 0.6 is 11.8 Å². The molecule has 2 aliphatic heterocycles. The molecule has 0 spiro atoms. The summed E-state index contributed by atoms with van der Waals surface area (Å²) in [5.74, 6) is 2.01. The van der Waals surface area contributed by atoms with Crippen molar-refractivity contribution in [3.63, 3.8) is 0 Å². The number of aromatic nitrogens is 3. The number of carbonyl (C=O) groups is 1. The van der Waals surface area contributed by atoms with Crippen molar-refractivity contribution in [3.8, 4) is 0 Å². The van der Waals surface area contributed by atoms with Crippen molar-refractivity contribution in [2.45, 2.75) is 55.8 Å². The summed E-state index contributed by atoms with van der Waals surface area (Å²) < 4.78 is 2.14. The van der Waals surface area contributed by atoms with Gasteiger partial charge in [0, 0.05) is 17.9 Å². The zero-order valence-electron chi connectivity index (χ0n) is 13.4. The van der Waals surface area contributed by atoms with Crippen molar-refractivity contribution < 1.29 is 4.79 Å². The first kappa shape index (κ1) is 14.8. The molecule has 1 aromatic heterocycles. The second-order valence-corrected chi connectivity index (χ2v) is 7.63. The third kappa shape index (κ3) is 2.65. The molecule has 2 atom stereocenters. The van der Waals surface area contributed by atoms with E-state index in [0.29, 0.717) is 0 Å². The highest BCUT2D eigenvalue weighted by atomic mass is 32.2. The molecule has 23 heavy (non-hydrogen) atoms. The van der Waals surface area contributed by atoms with Crippen LogP contribution in [0.5, 0.6) is 0 Å². The quantitative estimate of drug-likeness (QED) is 0.940. The molecule has 120 valence electrons. The molecule has 1 N–H and O–H groups in total. The van der Waals surface area contributed by atoms with E-state index in [9.17, 15) is 4.79 Å². The first-order chi connectivity index (χ1) is 11.1. The molecule has 0 unspecified atom stereocenters. The monoisotopic (exact) mass is 328 g/mol. The Kier molecular flexibility index (Phi) is 3.64. The van der Waals surface area contributed by atoms with Crippen molar-refractivity contribution in [3.05, 3.63) is 41.0 Å². The molecule has 5 nitrogen and oxygen atoms in total. The van der Waals surface area contributed by atoms with Crippen LogP contribution in [-0.2, 0) is 24.2 Å². The largest absolute Gasteiger partial charge is 0.345 e. The number of carbonyl (C=O) groups excluding carboxylic acids is 1. The van der Waals surface area contributed by atoms with E-state index in [4.69, 9.17) is 0 Å². The number of hydrogen-bond donors (Lipinski definition) is 1. The topological polar surface area (TPSA) is 59.8 Å². The summed E-state index contributed by atoms with van der Waals surface area (Å²) in [6.07, 6.45) is 2.91. The van der Waals surface area contributed by atoms with Gasteiger partial charge in [-0.05, 0) is 38.3 Å². The lowest BCUT2D eigenvalue weighted by Crippen LogP contribution is -2.35. The molecule has 4 rings (SSSR count). The van der Waals surface area contributed by atoms with Gasteiger partial charge in [0.15, 0.2) is 5.82 Å². The predicted octanol–water partition coefficient (Wildman–Crippen LogP) is 2.43. The van der Waals surface area contributed by atoms with Crippen molar-refractivity contribution in [2.24, 2.45) is 0 Å². The molecule has 0 saturated carbocycles. The van der Waals surface area contributed by atoms with Crippen LogP contribution in [0.15, 0.2) is 23.1 Å². The maximum Gasteiger partial charge on any atom is 0.234 e. The van der Waals surface area contributed by atoms with Gasteiger partial charge in [0.1, 0.15) is 5.82 Å². The molecule has 3 heterocycles. The summed E-state index contributed by atoms with van der Waals surface area (Å²) >= 11 is 1.67. The van der Waals surface area contributed by atoms with Gasteiger partial charge in [-0.1, -0.05) is 17.7 Å². The highest BCUT2D eigenvalue weighted by Crippen LogP contribution is 2.37. The van der Waals surface area contributed by atoms with Crippen LogP contribution in [0.2, 0.25) is 0 Å². The van der Waals surface area contributed by atoms with Gasteiger partial charge in [0.2, 0.25) is 5.91 Å². The van der Waals surface area contributed by atoms with Gasteiger partial charge < -0.3 is 9.88 Å². The minimum Gasteiger partial charge on any atom is -0.345 e. The van der Waals surface area contributed by atoms with Crippen molar-refractivity contribution in [1.82, 2.24) is 20.1 Å². The summed E-state index contributed by atoms with van der Waals surface area (Å²) in [7, 11) is 0. The smallest absolute Gasteiger partial charge is 0.234 e. The summed E-state index contributed by atoms with van der Waals surface area (Å²) in [6.45, 7) is 5.04. The summed E-state index contributed by atoms with van der Waals surface area (Å²) in [5.41, 5.74) is 2.52. The lowest BCUT2D eigenvalue weighted by molar-refractivity contribution is -0.121. The minimum absolute atomic E-state index is 0.0461. The molecule has 1 amide bonds. The molecule has 1 aromatic carbocycles. The number of thioether (sulfide) groups is 1. The highest BCUT2D eigenvalue weighted by Gasteiger charge is 2.30. The predicted molar refractivity (Wildman–Crippen MR) is 89.4 cm³/mol. The molecule has 0 fully saturated rings. The Morgan fingerprint density at radius 1 is 1.43 bits per heavy atom. The average molecular weight is 328 g/mol. The van der Waals surface area contributed by atoms with Crippen LogP contribution in [-0.4, -0.2) is 25.9 Å². The van der Waals surface area contributed by atoms with Gasteiger partial charge in [-0.3, -0.25) is 4.79 Å². The number of nitrogens with one attached hydrogen (secondary N) is 1. The molecule has 0 bridgehead atoms. The van der Waals surface area contributed by atoms with Crippen LogP contribution in [0.3, 0.4) is 0 Å². The Bertz CT molecular complexity index is 770. The van der Waals surface area contributed by atoms with E-state index in [2.05, 4.69) is 45.2 Å². The van der Waals surface area contributed by atoms with E-state index in [0.717, 1.165) is 37.5 Å². The standard InChI is InChI=1S/C17H20N4OS/c1-10-5-6-12-9-14(23-13(12)8-10)17(22)18-11(2)16-20-19-15-4-3-7-21(15)16/h5-6,8,11,14H,3-4,7,9H2,1-2H3,(H,18,22)/t11-,14-/m1/s1. The molecular formula is C17H20N4OS. The molecule has 0 radical (unpaired) electrons. The number of hydrogen-bond acceptors (Lipinski definition) is 4. The SMILES string of the molecule is Cc1ccc2c(c1)S[C@@H](C(=O)N[C@H](C)c1nnc3n1CCC3)C2. The third-order valence-electron chi connectivity index (χ3n) is 4.57. The van der Waals surface area contributed by atoms with E-state index in [-0.39, 0.29) is 17.2 Å². The Morgan fingerprint density at radius 2 is 2.30 bits per heavy atom. The van der Waals surface area contributed by atoms with Crippen LogP contribution in [0.1, 0.15) is 42.2 Å². The molecule has 0 saturated heterocycles. The lowest BCUT2D eigenvalue weighted by Gasteiger charge is -2.16. The normalized spacial score (nSPS) is 20.2. The zero-order chi connectivity index (χ0) is 16.0. The zero-order valence-corrected chi connectivity index (χ0v) is 14.2. The van der Waals surface area contributed by atoms with Crippen LogP contribution in [0, 0.1) is 6.92 Å². The van der Waals surface area contributed by atoms with Crippen molar-refractivity contribution in [1.29, 1.82) is 0 Å². The number of nitrogens with zero attached hydrogens (tertiary/aromatic N) is 3. The van der Waals surface area contributed by atoms with Gasteiger partial charge >= 0.3 is 0 Å². The summed E-state index contributed by atoms with van der Waals surface area (Å²) in [5, 5.41) is 11.6. The van der Waals surface area contributed by atoms with Crippen LogP contribution in [0.4, 0.5) is 0 Å². The second-order valence-electron chi connectivity index (χ2n) is 6.38. The Morgan fingerprint density at radius 3 is 3.17 bits per heavy atom. The van der Waals surface area contributed by atoms with Gasteiger partial charge in [-0.25, -0.2) is 0 Å². The van der Waals surface area contributed by atoms with E-state index in [1.54, 1.807) is 11.8 Å². The van der Waals surface area contributed by atoms with Crippen molar-refractivity contribution >= 4 is 17.7 Å². The fourth-order valence-corrected chi connectivity index (χ4v) is 4.65. The van der Waals surface area contributed by atoms with Gasteiger partial charge in [0.05, 0.1) is 11.3 Å². The molecule has 0 aliphatic carbocycles. The third-order valence-corrected chi connectivity index (χ3v) is 5.87. The lowest BCUT2D eigenvalue weighted by atomic mass is 10.1. The highest BCUT2D eigenvalue weighted by molar-refractivity contribution is 8.01. The fraction of sp³-hybridized carbons (Fsp3) is 0.471. The van der Waals surface area contributed by atoms with E-state index in [1.807, 2.05) is 6.92 Å². The number of amides is 1. The summed E-state index contributed by atoms with van der Waals surface area (Å²) in [6, 6.07) is 6.32. The van der Waals surface area contributed by atoms with Gasteiger partial charge in [-0.15, -0.1) is 22.0 Å². The second kappa shape index (κ2) is 5.67. The minimum atomic E-state index is -0.104. The first-order valence-electron chi connectivity index (χ1n) is 8.10. The van der Waals surface area contributed by atoms with Crippen molar-refractivity contribution in [2.75, 3.05) is 0 Å². The average Bonchev–Trinajstić information content (AvgIpc) is 3.20. The van der Waals surface area contributed by atoms with Gasteiger partial charge in [-0.2, -0.15) is 0 Å². The molecule has 2 aliphatic rings. The van der Waals surface area contributed by atoms with E-state index >= 15 is 0 Å². The number of rotatable bonds is 3. The first-order valence-corrected chi connectivity index (χ1v) is 8.98. The van der Waals surface area contributed by atoms with Crippen LogP contribution < -0.4 is 5.32 Å². The van der Waals surface area contributed by atoms with Crippen LogP contribution in [0.25, 0.3) is 0 Å². The fourth-order valence-electron chi connectivity index (χ4n) is 3.35.